The van der Waals surface area contributed by atoms with E-state index in [1.165, 1.54) is 5.56 Å². The number of carbonyl (C=O) groups is 1. The van der Waals surface area contributed by atoms with Crippen LogP contribution in [0.2, 0.25) is 0 Å². The Labute approximate surface area is 202 Å². The molecule has 2 N–H and O–H groups in total. The Morgan fingerprint density at radius 1 is 1.16 bits per heavy atom. The van der Waals surface area contributed by atoms with E-state index in [1.54, 1.807) is 23.7 Å². The Morgan fingerprint density at radius 2 is 1.81 bits per heavy atom. The lowest BCUT2D eigenvalue weighted by molar-refractivity contribution is 0.0285. The van der Waals surface area contributed by atoms with Gasteiger partial charge in [0.1, 0.15) is 5.60 Å². The molecule has 0 atom stereocenters. The minimum Gasteiger partial charge on any atom is -0.444 e. The monoisotopic (exact) mass is 542 g/mol. The molecule has 2 rings (SSSR count). The van der Waals surface area contributed by atoms with Crippen molar-refractivity contribution < 1.29 is 9.53 Å². The van der Waals surface area contributed by atoms with Gasteiger partial charge in [-0.3, -0.25) is 9.67 Å². The number of ether oxygens (including phenoxy) is 1. The van der Waals surface area contributed by atoms with E-state index in [0.29, 0.717) is 13.1 Å². The van der Waals surface area contributed by atoms with Gasteiger partial charge in [-0.1, -0.05) is 24.3 Å². The molecule has 0 aliphatic heterocycles. The first kappa shape index (κ1) is 26.7. The standard InChI is InChI=1S/C22H34N6O2.HI/c1-22(2,3)30-21(29)27(5)15-18-9-7-17(8-10-18)13-25-20(23-4)24-12-11-19-14-26-28(6)16-19;/h7-10,14,16H,11-13,15H2,1-6H3,(H2,23,24,25);1H. The first-order valence-corrected chi connectivity index (χ1v) is 10.1. The molecule has 0 aliphatic carbocycles. The van der Waals surface area contributed by atoms with Crippen LogP contribution in [0.15, 0.2) is 41.7 Å². The van der Waals surface area contributed by atoms with Gasteiger partial charge in [-0.15, -0.1) is 24.0 Å². The van der Waals surface area contributed by atoms with Gasteiger partial charge in [-0.25, -0.2) is 4.79 Å². The molecule has 0 unspecified atom stereocenters. The summed E-state index contributed by atoms with van der Waals surface area (Å²) in [5, 5.41) is 10.8. The topological polar surface area (TPSA) is 83.8 Å². The van der Waals surface area contributed by atoms with Crippen molar-refractivity contribution in [3.05, 3.63) is 53.3 Å². The number of guanidine groups is 1. The number of hydrogen-bond acceptors (Lipinski definition) is 4. The van der Waals surface area contributed by atoms with Crippen molar-refractivity contribution in [2.45, 2.75) is 45.9 Å². The van der Waals surface area contributed by atoms with Crippen molar-refractivity contribution >= 4 is 36.0 Å². The van der Waals surface area contributed by atoms with Crippen molar-refractivity contribution in [3.8, 4) is 0 Å². The molecular formula is C22H35IN6O2. The van der Waals surface area contributed by atoms with Crippen LogP contribution in [0.5, 0.6) is 0 Å². The molecule has 0 saturated carbocycles. The number of aliphatic imine (C=N–C) groups is 1. The zero-order chi connectivity index (χ0) is 22.1. The van der Waals surface area contributed by atoms with Crippen LogP contribution >= 0.6 is 24.0 Å². The minimum absolute atomic E-state index is 0. The largest absolute Gasteiger partial charge is 0.444 e. The molecule has 2 aromatic rings. The molecule has 9 heteroatoms. The summed E-state index contributed by atoms with van der Waals surface area (Å²) < 4.78 is 7.19. The Bertz CT molecular complexity index is 842. The van der Waals surface area contributed by atoms with Gasteiger partial charge in [-0.05, 0) is 43.9 Å². The van der Waals surface area contributed by atoms with Gasteiger partial charge in [0.2, 0.25) is 0 Å². The lowest BCUT2D eigenvalue weighted by atomic mass is 10.1. The Hall–Kier alpha value is -2.30. The molecule has 0 aliphatic rings. The van der Waals surface area contributed by atoms with Gasteiger partial charge >= 0.3 is 6.09 Å². The van der Waals surface area contributed by atoms with Crippen LogP contribution in [0.1, 0.15) is 37.5 Å². The fourth-order valence-corrected chi connectivity index (χ4v) is 2.77. The van der Waals surface area contributed by atoms with E-state index in [0.717, 1.165) is 30.1 Å². The van der Waals surface area contributed by atoms with Gasteiger partial charge in [0, 0.05) is 47.0 Å². The number of hydrogen-bond donors (Lipinski definition) is 2. The number of nitrogens with one attached hydrogen (secondary N) is 2. The van der Waals surface area contributed by atoms with E-state index in [4.69, 9.17) is 4.74 Å². The molecule has 0 saturated heterocycles. The summed E-state index contributed by atoms with van der Waals surface area (Å²) in [5.74, 6) is 0.757. The highest BCUT2D eigenvalue weighted by Crippen LogP contribution is 2.12. The number of aromatic nitrogens is 2. The van der Waals surface area contributed by atoms with Crippen molar-refractivity contribution in [2.75, 3.05) is 20.6 Å². The molecule has 8 nitrogen and oxygen atoms in total. The summed E-state index contributed by atoms with van der Waals surface area (Å²) in [6, 6.07) is 8.15. The smallest absolute Gasteiger partial charge is 0.410 e. The van der Waals surface area contributed by atoms with Gasteiger partial charge < -0.3 is 20.3 Å². The number of carbonyl (C=O) groups excluding carboxylic acids is 1. The Morgan fingerprint density at radius 3 is 2.35 bits per heavy atom. The maximum Gasteiger partial charge on any atom is 0.410 e. The second kappa shape index (κ2) is 12.5. The van der Waals surface area contributed by atoms with Gasteiger partial charge in [0.05, 0.1) is 6.20 Å². The molecule has 1 heterocycles. The number of nitrogens with zero attached hydrogens (tertiary/aromatic N) is 4. The summed E-state index contributed by atoms with van der Waals surface area (Å²) in [5.41, 5.74) is 2.87. The zero-order valence-corrected chi connectivity index (χ0v) is 21.6. The lowest BCUT2D eigenvalue weighted by Gasteiger charge is -2.24. The maximum atomic E-state index is 12.1. The molecule has 0 spiro atoms. The van der Waals surface area contributed by atoms with E-state index >= 15 is 0 Å². The van der Waals surface area contributed by atoms with Crippen LogP contribution in [-0.4, -0.2) is 53.0 Å². The van der Waals surface area contributed by atoms with E-state index in [9.17, 15) is 4.79 Å². The summed E-state index contributed by atoms with van der Waals surface area (Å²) in [6.07, 6.45) is 4.45. The number of rotatable bonds is 7. The normalized spacial score (nSPS) is 11.5. The fraction of sp³-hybridized carbons (Fsp3) is 0.500. The van der Waals surface area contributed by atoms with E-state index in [2.05, 4.69) is 20.7 Å². The first-order chi connectivity index (χ1) is 14.2. The van der Waals surface area contributed by atoms with Crippen LogP contribution in [0.4, 0.5) is 4.79 Å². The van der Waals surface area contributed by atoms with Crippen LogP contribution in [0, 0.1) is 0 Å². The highest BCUT2D eigenvalue weighted by molar-refractivity contribution is 14.0. The zero-order valence-electron chi connectivity index (χ0n) is 19.3. The molecule has 1 amide bonds. The van der Waals surface area contributed by atoms with Crippen LogP contribution in [0.25, 0.3) is 0 Å². The molecule has 1 aromatic heterocycles. The third kappa shape index (κ3) is 10.0. The van der Waals surface area contributed by atoms with Crippen LogP contribution < -0.4 is 10.6 Å². The number of benzene rings is 1. The molecule has 0 bridgehead atoms. The van der Waals surface area contributed by atoms with Gasteiger partial charge in [-0.2, -0.15) is 5.10 Å². The Kier molecular flexibility index (Phi) is 10.8. The molecule has 31 heavy (non-hydrogen) atoms. The van der Waals surface area contributed by atoms with E-state index in [1.807, 2.05) is 64.5 Å². The highest BCUT2D eigenvalue weighted by atomic mass is 127. The molecular weight excluding hydrogens is 507 g/mol. The quantitative estimate of drug-likeness (QED) is 0.319. The number of halogens is 1. The summed E-state index contributed by atoms with van der Waals surface area (Å²) in [4.78, 5) is 17.9. The predicted molar refractivity (Wildman–Crippen MR) is 135 cm³/mol. The Balaban J connectivity index is 0.00000480. The first-order valence-electron chi connectivity index (χ1n) is 10.1. The molecule has 172 valence electrons. The third-order valence-corrected chi connectivity index (χ3v) is 4.30. The van der Waals surface area contributed by atoms with Crippen molar-refractivity contribution in [1.82, 2.24) is 25.3 Å². The fourth-order valence-electron chi connectivity index (χ4n) is 2.77. The van der Waals surface area contributed by atoms with E-state index in [-0.39, 0.29) is 30.1 Å². The minimum atomic E-state index is -0.495. The molecule has 0 fully saturated rings. The van der Waals surface area contributed by atoms with Gasteiger partial charge in [0.25, 0.3) is 0 Å². The van der Waals surface area contributed by atoms with Crippen molar-refractivity contribution in [1.29, 1.82) is 0 Å². The van der Waals surface area contributed by atoms with Gasteiger partial charge in [0.15, 0.2) is 5.96 Å². The van der Waals surface area contributed by atoms with Crippen molar-refractivity contribution in [3.63, 3.8) is 0 Å². The summed E-state index contributed by atoms with van der Waals surface area (Å²) >= 11 is 0. The number of aryl methyl sites for hydroxylation is 1. The second-order valence-corrected chi connectivity index (χ2v) is 8.28. The molecule has 1 aromatic carbocycles. The summed E-state index contributed by atoms with van der Waals surface area (Å²) in [7, 11) is 5.41. The van der Waals surface area contributed by atoms with Crippen molar-refractivity contribution in [2.24, 2.45) is 12.0 Å². The average Bonchev–Trinajstić information content (AvgIpc) is 3.09. The lowest BCUT2D eigenvalue weighted by Crippen LogP contribution is -2.37. The average molecular weight is 542 g/mol. The number of amides is 1. The molecule has 0 radical (unpaired) electrons. The van der Waals surface area contributed by atoms with Crippen LogP contribution in [-0.2, 0) is 31.3 Å². The summed E-state index contributed by atoms with van der Waals surface area (Å²) in [6.45, 7) is 7.53. The highest BCUT2D eigenvalue weighted by Gasteiger charge is 2.19. The second-order valence-electron chi connectivity index (χ2n) is 8.28. The third-order valence-electron chi connectivity index (χ3n) is 4.30. The van der Waals surface area contributed by atoms with Crippen LogP contribution in [0.3, 0.4) is 0 Å². The van der Waals surface area contributed by atoms with E-state index < -0.39 is 5.60 Å². The predicted octanol–water partition coefficient (Wildman–Crippen LogP) is 3.31. The maximum absolute atomic E-state index is 12.1. The SMILES string of the molecule is CN=C(NCCc1cnn(C)c1)NCc1ccc(CN(C)C(=O)OC(C)(C)C)cc1.I.